The van der Waals surface area contributed by atoms with E-state index >= 15 is 0 Å². The first-order chi connectivity index (χ1) is 10.1. The molecule has 116 valence electrons. The molecule has 0 spiro atoms. The van der Waals surface area contributed by atoms with Gasteiger partial charge in [-0.1, -0.05) is 0 Å². The Labute approximate surface area is 123 Å². The van der Waals surface area contributed by atoms with Crippen LogP contribution in [0.1, 0.15) is 10.4 Å². The van der Waals surface area contributed by atoms with E-state index in [1.807, 2.05) is 0 Å². The van der Waals surface area contributed by atoms with Crippen molar-refractivity contribution in [2.45, 2.75) is 0 Å². The summed E-state index contributed by atoms with van der Waals surface area (Å²) in [5, 5.41) is 0. The van der Waals surface area contributed by atoms with E-state index in [1.54, 1.807) is 11.0 Å². The SMILES string of the molecule is COc1cc(C(=O)N2CCOCC2)c(N)c(OC)c1OC. The summed E-state index contributed by atoms with van der Waals surface area (Å²) in [4.78, 5) is 14.3. The van der Waals surface area contributed by atoms with Crippen molar-refractivity contribution in [3.8, 4) is 17.2 Å². The van der Waals surface area contributed by atoms with Crippen LogP contribution in [0.3, 0.4) is 0 Å². The molecule has 1 fully saturated rings. The lowest BCUT2D eigenvalue weighted by Gasteiger charge is -2.28. The number of anilines is 1. The quantitative estimate of drug-likeness (QED) is 0.826. The van der Waals surface area contributed by atoms with Crippen LogP contribution in [0.2, 0.25) is 0 Å². The molecule has 1 aliphatic heterocycles. The normalized spacial score (nSPS) is 14.7. The highest BCUT2D eigenvalue weighted by Gasteiger charge is 2.26. The first kappa shape index (κ1) is 15.2. The molecule has 2 rings (SSSR count). The topological polar surface area (TPSA) is 83.2 Å². The van der Waals surface area contributed by atoms with E-state index in [0.29, 0.717) is 49.1 Å². The van der Waals surface area contributed by atoms with Gasteiger partial charge in [0.25, 0.3) is 5.91 Å². The van der Waals surface area contributed by atoms with E-state index in [-0.39, 0.29) is 11.6 Å². The first-order valence-corrected chi connectivity index (χ1v) is 6.59. The van der Waals surface area contributed by atoms with Gasteiger partial charge in [0.2, 0.25) is 5.75 Å². The van der Waals surface area contributed by atoms with Gasteiger partial charge >= 0.3 is 0 Å². The monoisotopic (exact) mass is 296 g/mol. The fraction of sp³-hybridized carbons (Fsp3) is 0.500. The van der Waals surface area contributed by atoms with Crippen molar-refractivity contribution in [1.82, 2.24) is 4.90 Å². The Morgan fingerprint density at radius 1 is 1.14 bits per heavy atom. The van der Waals surface area contributed by atoms with E-state index < -0.39 is 0 Å². The van der Waals surface area contributed by atoms with Crippen LogP contribution in [-0.4, -0.2) is 58.4 Å². The summed E-state index contributed by atoms with van der Waals surface area (Å²) in [6, 6.07) is 1.58. The molecule has 0 aliphatic carbocycles. The van der Waals surface area contributed by atoms with Crippen molar-refractivity contribution in [2.75, 3.05) is 53.4 Å². The van der Waals surface area contributed by atoms with Crippen molar-refractivity contribution < 1.29 is 23.7 Å². The zero-order chi connectivity index (χ0) is 15.4. The van der Waals surface area contributed by atoms with Crippen LogP contribution < -0.4 is 19.9 Å². The van der Waals surface area contributed by atoms with Crippen LogP contribution in [-0.2, 0) is 4.74 Å². The molecule has 1 aromatic carbocycles. The number of carbonyl (C=O) groups excluding carboxylic acids is 1. The van der Waals surface area contributed by atoms with Crippen LogP contribution >= 0.6 is 0 Å². The Kier molecular flexibility index (Phi) is 4.74. The highest BCUT2D eigenvalue weighted by molar-refractivity contribution is 6.02. The van der Waals surface area contributed by atoms with Gasteiger partial charge in [-0.15, -0.1) is 0 Å². The average Bonchev–Trinajstić information content (AvgIpc) is 2.54. The number of nitrogens with zero attached hydrogens (tertiary/aromatic N) is 1. The second kappa shape index (κ2) is 6.53. The fourth-order valence-corrected chi connectivity index (χ4v) is 2.29. The van der Waals surface area contributed by atoms with Crippen molar-refractivity contribution in [3.05, 3.63) is 11.6 Å². The Hall–Kier alpha value is -2.15. The maximum Gasteiger partial charge on any atom is 0.256 e. The summed E-state index contributed by atoms with van der Waals surface area (Å²) in [6.45, 7) is 2.12. The molecular weight excluding hydrogens is 276 g/mol. The third kappa shape index (κ3) is 2.82. The molecule has 1 saturated heterocycles. The van der Waals surface area contributed by atoms with E-state index in [9.17, 15) is 4.79 Å². The lowest BCUT2D eigenvalue weighted by molar-refractivity contribution is 0.0303. The standard InChI is InChI=1S/C14H20N2O5/c1-18-10-8-9(11(15)13(20-3)12(10)19-2)14(17)16-4-6-21-7-5-16/h8H,4-7,15H2,1-3H3. The zero-order valence-electron chi connectivity index (χ0n) is 12.5. The van der Waals surface area contributed by atoms with E-state index in [2.05, 4.69) is 0 Å². The lowest BCUT2D eigenvalue weighted by atomic mass is 10.1. The third-order valence-corrected chi connectivity index (χ3v) is 3.40. The minimum atomic E-state index is -0.171. The molecule has 1 amide bonds. The smallest absolute Gasteiger partial charge is 0.256 e. The number of nitrogen functional groups attached to an aromatic ring is 1. The fourth-order valence-electron chi connectivity index (χ4n) is 2.29. The number of nitrogens with two attached hydrogens (primary N) is 1. The van der Waals surface area contributed by atoms with Crippen molar-refractivity contribution >= 4 is 11.6 Å². The van der Waals surface area contributed by atoms with E-state index in [4.69, 9.17) is 24.7 Å². The Morgan fingerprint density at radius 3 is 2.29 bits per heavy atom. The predicted molar refractivity (Wildman–Crippen MR) is 77.2 cm³/mol. The van der Waals surface area contributed by atoms with Crippen molar-refractivity contribution in [3.63, 3.8) is 0 Å². The maximum absolute atomic E-state index is 12.6. The number of amides is 1. The number of hydrogen-bond acceptors (Lipinski definition) is 6. The summed E-state index contributed by atoms with van der Waals surface area (Å²) in [6.07, 6.45) is 0. The van der Waals surface area contributed by atoms with Gasteiger partial charge in [-0.3, -0.25) is 4.79 Å². The molecule has 1 aromatic rings. The number of methoxy groups -OCH3 is 3. The van der Waals surface area contributed by atoms with Gasteiger partial charge in [-0.25, -0.2) is 0 Å². The van der Waals surface area contributed by atoms with Crippen molar-refractivity contribution in [1.29, 1.82) is 0 Å². The number of carbonyl (C=O) groups is 1. The Morgan fingerprint density at radius 2 is 1.76 bits per heavy atom. The van der Waals surface area contributed by atoms with Gasteiger partial charge < -0.3 is 29.6 Å². The van der Waals surface area contributed by atoms with Crippen molar-refractivity contribution in [2.24, 2.45) is 0 Å². The molecule has 0 unspecified atom stereocenters. The van der Waals surface area contributed by atoms with Crippen LogP contribution in [0.25, 0.3) is 0 Å². The second-order valence-corrected chi connectivity index (χ2v) is 4.51. The number of benzene rings is 1. The molecule has 7 nitrogen and oxygen atoms in total. The molecule has 1 heterocycles. The molecule has 0 atom stereocenters. The van der Waals surface area contributed by atoms with Gasteiger partial charge in [0.15, 0.2) is 11.5 Å². The molecule has 1 aliphatic rings. The minimum Gasteiger partial charge on any atom is -0.493 e. The summed E-state index contributed by atoms with van der Waals surface area (Å²) in [7, 11) is 4.45. The highest BCUT2D eigenvalue weighted by Crippen LogP contribution is 2.43. The molecule has 0 radical (unpaired) electrons. The molecular formula is C14H20N2O5. The number of morpholine rings is 1. The zero-order valence-corrected chi connectivity index (χ0v) is 12.5. The average molecular weight is 296 g/mol. The third-order valence-electron chi connectivity index (χ3n) is 3.40. The van der Waals surface area contributed by atoms with Gasteiger partial charge in [0.1, 0.15) is 0 Å². The summed E-state index contributed by atoms with van der Waals surface area (Å²) in [5.74, 6) is 0.902. The first-order valence-electron chi connectivity index (χ1n) is 6.59. The Bertz CT molecular complexity index is 527. The number of ether oxygens (including phenoxy) is 4. The van der Waals surface area contributed by atoms with E-state index in [1.165, 1.54) is 21.3 Å². The minimum absolute atomic E-state index is 0.171. The van der Waals surface area contributed by atoms with Crippen LogP contribution in [0.15, 0.2) is 6.07 Å². The predicted octanol–water partition coefficient (Wildman–Crippen LogP) is 0.767. The maximum atomic E-state index is 12.6. The number of rotatable bonds is 4. The molecule has 0 saturated carbocycles. The van der Waals surface area contributed by atoms with Crippen LogP contribution in [0, 0.1) is 0 Å². The lowest BCUT2D eigenvalue weighted by Crippen LogP contribution is -2.41. The molecule has 7 heteroatoms. The highest BCUT2D eigenvalue weighted by atomic mass is 16.5. The van der Waals surface area contributed by atoms with E-state index in [0.717, 1.165) is 0 Å². The molecule has 0 bridgehead atoms. The Balaban J connectivity index is 2.45. The van der Waals surface area contributed by atoms with Crippen LogP contribution in [0.4, 0.5) is 5.69 Å². The second-order valence-electron chi connectivity index (χ2n) is 4.51. The molecule has 2 N–H and O–H groups in total. The summed E-state index contributed by atoms with van der Waals surface area (Å²) in [5.41, 5.74) is 6.64. The summed E-state index contributed by atoms with van der Waals surface area (Å²) >= 11 is 0. The van der Waals surface area contributed by atoms with Gasteiger partial charge in [-0.2, -0.15) is 0 Å². The largest absolute Gasteiger partial charge is 0.493 e. The van der Waals surface area contributed by atoms with Crippen LogP contribution in [0.5, 0.6) is 17.2 Å². The van der Waals surface area contributed by atoms with Gasteiger partial charge in [-0.05, 0) is 6.07 Å². The number of hydrogen-bond donors (Lipinski definition) is 1. The van der Waals surface area contributed by atoms with Gasteiger partial charge in [0.05, 0.1) is 45.8 Å². The van der Waals surface area contributed by atoms with Gasteiger partial charge in [0, 0.05) is 13.1 Å². The molecule has 21 heavy (non-hydrogen) atoms. The summed E-state index contributed by atoms with van der Waals surface area (Å²) < 4.78 is 21.0. The molecule has 0 aromatic heterocycles.